The van der Waals surface area contributed by atoms with Gasteiger partial charge in [0, 0.05) is 5.39 Å². The summed E-state index contributed by atoms with van der Waals surface area (Å²) in [4.78, 5) is 0. The first-order valence-electron chi connectivity index (χ1n) is 6.87. The Morgan fingerprint density at radius 1 is 1.15 bits per heavy atom. The lowest BCUT2D eigenvalue weighted by molar-refractivity contribution is 0.287. The van der Waals surface area contributed by atoms with E-state index in [4.69, 9.17) is 4.74 Å². The van der Waals surface area contributed by atoms with Gasteiger partial charge in [0.1, 0.15) is 5.75 Å². The molecule has 2 aromatic carbocycles. The van der Waals surface area contributed by atoms with Crippen LogP contribution in [0.4, 0.5) is 0 Å². The van der Waals surface area contributed by atoms with Crippen LogP contribution in [0.2, 0.25) is 0 Å². The van der Waals surface area contributed by atoms with E-state index in [1.807, 2.05) is 19.1 Å². The molecule has 20 heavy (non-hydrogen) atoms. The highest BCUT2D eigenvalue weighted by Gasteiger charge is 2.32. The predicted octanol–water partition coefficient (Wildman–Crippen LogP) is 2.96. The van der Waals surface area contributed by atoms with Crippen LogP contribution in [0, 0.1) is 12.8 Å². The highest BCUT2D eigenvalue weighted by molar-refractivity contribution is 7.92. The molecule has 0 spiro atoms. The van der Waals surface area contributed by atoms with E-state index in [0.717, 1.165) is 23.1 Å². The Labute approximate surface area is 119 Å². The van der Waals surface area contributed by atoms with Gasteiger partial charge in [-0.15, -0.1) is 0 Å². The molecule has 106 valence electrons. The van der Waals surface area contributed by atoms with E-state index >= 15 is 0 Å². The molecule has 1 heterocycles. The molecule has 1 aliphatic heterocycles. The van der Waals surface area contributed by atoms with Crippen molar-refractivity contribution < 1.29 is 13.2 Å². The summed E-state index contributed by atoms with van der Waals surface area (Å²) in [6, 6.07) is 12.3. The van der Waals surface area contributed by atoms with Gasteiger partial charge in [0.15, 0.2) is 9.84 Å². The van der Waals surface area contributed by atoms with Crippen molar-refractivity contribution in [1.82, 2.24) is 0 Å². The Morgan fingerprint density at radius 3 is 2.65 bits per heavy atom. The zero-order valence-corrected chi connectivity index (χ0v) is 12.3. The van der Waals surface area contributed by atoms with Crippen molar-refractivity contribution in [2.45, 2.75) is 13.3 Å². The van der Waals surface area contributed by atoms with Crippen molar-refractivity contribution in [3.05, 3.63) is 42.0 Å². The Hall–Kier alpha value is -1.55. The minimum absolute atomic E-state index is 0.273. The number of rotatable bonds is 4. The Morgan fingerprint density at radius 2 is 1.90 bits per heavy atom. The molecular formula is C16H18O3S. The zero-order valence-electron chi connectivity index (χ0n) is 11.5. The zero-order chi connectivity index (χ0) is 14.2. The third-order valence-corrected chi connectivity index (χ3v) is 5.79. The third-order valence-electron chi connectivity index (χ3n) is 3.83. The van der Waals surface area contributed by atoms with Crippen molar-refractivity contribution in [3.63, 3.8) is 0 Å². The SMILES string of the molecule is Cc1ccc2ccccc2c1OCCC1CS(=O)(=O)C1. The molecule has 0 radical (unpaired) electrons. The van der Waals surface area contributed by atoms with Crippen molar-refractivity contribution in [3.8, 4) is 5.75 Å². The van der Waals surface area contributed by atoms with Crippen molar-refractivity contribution in [1.29, 1.82) is 0 Å². The molecule has 0 amide bonds. The first kappa shape index (κ1) is 13.4. The van der Waals surface area contributed by atoms with Crippen LogP contribution in [0.25, 0.3) is 10.8 Å². The molecule has 0 N–H and O–H groups in total. The molecule has 3 nitrogen and oxygen atoms in total. The lowest BCUT2D eigenvalue weighted by atomic mass is 10.1. The quantitative estimate of drug-likeness (QED) is 0.869. The second-order valence-electron chi connectivity index (χ2n) is 5.51. The summed E-state index contributed by atoms with van der Waals surface area (Å²) >= 11 is 0. The van der Waals surface area contributed by atoms with Crippen molar-refractivity contribution in [2.24, 2.45) is 5.92 Å². The molecule has 1 saturated heterocycles. The van der Waals surface area contributed by atoms with Gasteiger partial charge in [-0.3, -0.25) is 0 Å². The minimum atomic E-state index is -2.72. The third kappa shape index (κ3) is 2.66. The van der Waals surface area contributed by atoms with E-state index in [9.17, 15) is 8.42 Å². The maximum Gasteiger partial charge on any atom is 0.150 e. The van der Waals surface area contributed by atoms with Gasteiger partial charge in [-0.2, -0.15) is 0 Å². The van der Waals surface area contributed by atoms with Crippen LogP contribution in [-0.2, 0) is 9.84 Å². The van der Waals surface area contributed by atoms with Gasteiger partial charge in [-0.05, 0) is 30.2 Å². The van der Waals surface area contributed by atoms with E-state index in [1.165, 1.54) is 5.39 Å². The van der Waals surface area contributed by atoms with Gasteiger partial charge < -0.3 is 4.74 Å². The molecule has 0 saturated carbocycles. The van der Waals surface area contributed by atoms with Crippen LogP contribution in [-0.4, -0.2) is 26.5 Å². The molecule has 0 atom stereocenters. The Balaban J connectivity index is 1.70. The number of fused-ring (bicyclic) bond motifs is 1. The minimum Gasteiger partial charge on any atom is -0.493 e. The first-order valence-corrected chi connectivity index (χ1v) is 8.69. The van der Waals surface area contributed by atoms with E-state index in [2.05, 4.69) is 24.3 Å². The molecule has 0 bridgehead atoms. The Kier molecular flexibility index (Phi) is 3.42. The first-order chi connectivity index (χ1) is 9.55. The molecule has 4 heteroatoms. The average molecular weight is 290 g/mol. The molecule has 1 fully saturated rings. The van der Waals surface area contributed by atoms with Crippen molar-refractivity contribution >= 4 is 20.6 Å². The highest BCUT2D eigenvalue weighted by Crippen LogP contribution is 2.30. The van der Waals surface area contributed by atoms with Gasteiger partial charge in [-0.25, -0.2) is 8.42 Å². The summed E-state index contributed by atoms with van der Waals surface area (Å²) in [6.45, 7) is 2.62. The van der Waals surface area contributed by atoms with Crippen LogP contribution in [0.1, 0.15) is 12.0 Å². The Bertz CT molecular complexity index is 722. The number of hydrogen-bond donors (Lipinski definition) is 0. The second kappa shape index (κ2) is 5.09. The van der Waals surface area contributed by atoms with E-state index in [0.29, 0.717) is 18.1 Å². The molecule has 0 aromatic heterocycles. The fourth-order valence-corrected chi connectivity index (χ4v) is 4.38. The summed E-state index contributed by atoms with van der Waals surface area (Å²) in [5, 5.41) is 2.29. The summed E-state index contributed by atoms with van der Waals surface area (Å²) in [5.41, 5.74) is 1.12. The fourth-order valence-electron chi connectivity index (χ4n) is 2.71. The normalized spacial score (nSPS) is 17.9. The van der Waals surface area contributed by atoms with Crippen LogP contribution in [0.3, 0.4) is 0 Å². The van der Waals surface area contributed by atoms with Crippen LogP contribution in [0.5, 0.6) is 5.75 Å². The maximum absolute atomic E-state index is 11.1. The van der Waals surface area contributed by atoms with Gasteiger partial charge in [0.05, 0.1) is 18.1 Å². The second-order valence-corrected chi connectivity index (χ2v) is 7.67. The van der Waals surface area contributed by atoms with Gasteiger partial charge >= 0.3 is 0 Å². The molecule has 0 unspecified atom stereocenters. The molecule has 2 aromatic rings. The van der Waals surface area contributed by atoms with Crippen LogP contribution < -0.4 is 4.74 Å². The molecular weight excluding hydrogens is 272 g/mol. The van der Waals surface area contributed by atoms with Crippen LogP contribution >= 0.6 is 0 Å². The van der Waals surface area contributed by atoms with Gasteiger partial charge in [0.2, 0.25) is 0 Å². The van der Waals surface area contributed by atoms with Crippen LogP contribution in [0.15, 0.2) is 36.4 Å². The van der Waals surface area contributed by atoms with Gasteiger partial charge in [0.25, 0.3) is 0 Å². The molecule has 1 aliphatic rings. The van der Waals surface area contributed by atoms with Gasteiger partial charge in [-0.1, -0.05) is 36.4 Å². The monoisotopic (exact) mass is 290 g/mol. The standard InChI is InChI=1S/C16H18O3S/c1-12-6-7-14-4-2-3-5-15(14)16(12)19-9-8-13-10-20(17,18)11-13/h2-7,13H,8-11H2,1H3. The average Bonchev–Trinajstić information content (AvgIpc) is 2.39. The van der Waals surface area contributed by atoms with E-state index < -0.39 is 9.84 Å². The summed E-state index contributed by atoms with van der Waals surface area (Å²) in [6.07, 6.45) is 0.807. The number of benzene rings is 2. The smallest absolute Gasteiger partial charge is 0.150 e. The summed E-state index contributed by atoms with van der Waals surface area (Å²) < 4.78 is 28.2. The summed E-state index contributed by atoms with van der Waals surface area (Å²) in [7, 11) is -2.72. The fraction of sp³-hybridized carbons (Fsp3) is 0.375. The van der Waals surface area contributed by atoms with E-state index in [-0.39, 0.29) is 5.92 Å². The lowest BCUT2D eigenvalue weighted by Gasteiger charge is -2.25. The number of aryl methyl sites for hydroxylation is 1. The number of sulfone groups is 1. The van der Waals surface area contributed by atoms with Crippen molar-refractivity contribution in [2.75, 3.05) is 18.1 Å². The molecule has 3 rings (SSSR count). The maximum atomic E-state index is 11.1. The topological polar surface area (TPSA) is 43.4 Å². The highest BCUT2D eigenvalue weighted by atomic mass is 32.2. The number of hydrogen-bond acceptors (Lipinski definition) is 3. The summed E-state index contributed by atoms with van der Waals surface area (Å²) in [5.74, 6) is 1.84. The molecule has 0 aliphatic carbocycles. The number of ether oxygens (including phenoxy) is 1. The van der Waals surface area contributed by atoms with E-state index in [1.54, 1.807) is 0 Å². The predicted molar refractivity (Wildman–Crippen MR) is 80.9 cm³/mol. The largest absolute Gasteiger partial charge is 0.493 e. The lowest BCUT2D eigenvalue weighted by Crippen LogP contribution is -2.37.